The number of phenols is 1. The topological polar surface area (TPSA) is 23.5 Å². The number of hydrogen-bond acceptors (Lipinski definition) is 2. The Bertz CT molecular complexity index is 339. The minimum Gasteiger partial charge on any atom is -0.506 e. The van der Waals surface area contributed by atoms with Crippen LogP contribution >= 0.6 is 11.6 Å². The molecule has 90 valence electrons. The van der Waals surface area contributed by atoms with Gasteiger partial charge in [0.25, 0.3) is 0 Å². The molecule has 0 saturated heterocycles. The van der Waals surface area contributed by atoms with Crippen molar-refractivity contribution in [2.75, 3.05) is 13.6 Å². The lowest BCUT2D eigenvalue weighted by Crippen LogP contribution is -2.20. The van der Waals surface area contributed by atoms with Crippen molar-refractivity contribution in [3.8, 4) is 5.75 Å². The summed E-state index contributed by atoms with van der Waals surface area (Å²) in [7, 11) is 2.10. The second-order valence-electron chi connectivity index (χ2n) is 4.71. The number of aromatic hydroxyl groups is 1. The number of halogens is 1. The average Bonchev–Trinajstić information content (AvgIpc) is 2.21. The molecule has 3 heteroatoms. The molecule has 0 aliphatic carbocycles. The fourth-order valence-corrected chi connectivity index (χ4v) is 1.72. The summed E-state index contributed by atoms with van der Waals surface area (Å²) >= 11 is 5.86. The van der Waals surface area contributed by atoms with E-state index in [9.17, 15) is 5.11 Å². The Morgan fingerprint density at radius 2 is 2.06 bits per heavy atom. The zero-order chi connectivity index (χ0) is 12.1. The molecular formula is C13H20ClNO. The van der Waals surface area contributed by atoms with Crippen LogP contribution in [-0.2, 0) is 6.54 Å². The zero-order valence-electron chi connectivity index (χ0n) is 10.2. The van der Waals surface area contributed by atoms with Crippen LogP contribution in [0.15, 0.2) is 18.2 Å². The standard InChI is InChI=1S/C13H20ClNO/c1-10(2)6-7-15(3)9-11-4-5-13(16)12(14)8-11/h4-5,8,10,16H,6-7,9H2,1-3H3. The van der Waals surface area contributed by atoms with Gasteiger partial charge in [-0.2, -0.15) is 0 Å². The van der Waals surface area contributed by atoms with Gasteiger partial charge in [-0.3, -0.25) is 0 Å². The molecule has 0 radical (unpaired) electrons. The van der Waals surface area contributed by atoms with Crippen molar-refractivity contribution in [3.05, 3.63) is 28.8 Å². The summed E-state index contributed by atoms with van der Waals surface area (Å²) in [4.78, 5) is 2.27. The fraction of sp³-hybridized carbons (Fsp3) is 0.538. The maximum Gasteiger partial charge on any atom is 0.134 e. The van der Waals surface area contributed by atoms with Crippen molar-refractivity contribution in [1.29, 1.82) is 0 Å². The van der Waals surface area contributed by atoms with Gasteiger partial charge in [0, 0.05) is 6.54 Å². The third-order valence-electron chi connectivity index (χ3n) is 2.55. The number of benzene rings is 1. The molecular weight excluding hydrogens is 222 g/mol. The first-order chi connectivity index (χ1) is 7.49. The van der Waals surface area contributed by atoms with Crippen LogP contribution in [0.5, 0.6) is 5.75 Å². The fourth-order valence-electron chi connectivity index (χ4n) is 1.52. The molecule has 0 aliphatic heterocycles. The van der Waals surface area contributed by atoms with E-state index in [1.165, 1.54) is 6.42 Å². The third kappa shape index (κ3) is 4.42. The average molecular weight is 242 g/mol. The van der Waals surface area contributed by atoms with Gasteiger partial charge in [0.15, 0.2) is 0 Å². The highest BCUT2D eigenvalue weighted by Crippen LogP contribution is 2.24. The van der Waals surface area contributed by atoms with E-state index in [0.29, 0.717) is 5.02 Å². The normalized spacial score (nSPS) is 11.4. The molecule has 0 aliphatic rings. The van der Waals surface area contributed by atoms with Crippen molar-refractivity contribution >= 4 is 11.6 Å². The van der Waals surface area contributed by atoms with Gasteiger partial charge in [0.2, 0.25) is 0 Å². The summed E-state index contributed by atoms with van der Waals surface area (Å²) in [6, 6.07) is 5.38. The summed E-state index contributed by atoms with van der Waals surface area (Å²) in [6.07, 6.45) is 1.20. The second kappa shape index (κ2) is 6.12. The summed E-state index contributed by atoms with van der Waals surface area (Å²) < 4.78 is 0. The highest BCUT2D eigenvalue weighted by molar-refractivity contribution is 6.32. The summed E-state index contributed by atoms with van der Waals surface area (Å²) in [5.74, 6) is 0.876. The predicted molar refractivity (Wildman–Crippen MR) is 68.9 cm³/mol. The first-order valence-electron chi connectivity index (χ1n) is 5.65. The molecule has 1 rings (SSSR count). The molecule has 0 amide bonds. The van der Waals surface area contributed by atoms with E-state index >= 15 is 0 Å². The van der Waals surface area contributed by atoms with Gasteiger partial charge in [-0.05, 0) is 43.6 Å². The molecule has 0 saturated carbocycles. The third-order valence-corrected chi connectivity index (χ3v) is 2.86. The van der Waals surface area contributed by atoms with Crippen LogP contribution < -0.4 is 0 Å². The maximum absolute atomic E-state index is 9.31. The molecule has 0 bridgehead atoms. The Hall–Kier alpha value is -0.730. The van der Waals surface area contributed by atoms with Gasteiger partial charge in [-0.15, -0.1) is 0 Å². The van der Waals surface area contributed by atoms with Gasteiger partial charge in [0.05, 0.1) is 5.02 Å². The van der Waals surface area contributed by atoms with E-state index in [1.807, 2.05) is 12.1 Å². The minimum atomic E-state index is 0.148. The molecule has 0 aromatic heterocycles. The number of phenolic OH excluding ortho intramolecular Hbond substituents is 1. The first kappa shape index (κ1) is 13.3. The van der Waals surface area contributed by atoms with Gasteiger partial charge in [-0.1, -0.05) is 31.5 Å². The summed E-state index contributed by atoms with van der Waals surface area (Å²) in [5.41, 5.74) is 1.13. The SMILES string of the molecule is CC(C)CCN(C)Cc1ccc(O)c(Cl)c1. The Labute approximate surface area is 103 Å². The summed E-state index contributed by atoms with van der Waals surface area (Å²) in [6.45, 7) is 6.40. The lowest BCUT2D eigenvalue weighted by Gasteiger charge is -2.18. The number of nitrogens with zero attached hydrogens (tertiary/aromatic N) is 1. The zero-order valence-corrected chi connectivity index (χ0v) is 11.0. The Balaban J connectivity index is 2.49. The lowest BCUT2D eigenvalue weighted by molar-refractivity contribution is 0.303. The van der Waals surface area contributed by atoms with Gasteiger partial charge < -0.3 is 10.0 Å². The van der Waals surface area contributed by atoms with Crippen molar-refractivity contribution < 1.29 is 5.11 Å². The molecule has 1 aromatic carbocycles. The van der Waals surface area contributed by atoms with Gasteiger partial charge in [-0.25, -0.2) is 0 Å². The Morgan fingerprint density at radius 3 is 2.62 bits per heavy atom. The highest BCUT2D eigenvalue weighted by atomic mass is 35.5. The van der Waals surface area contributed by atoms with Gasteiger partial charge in [0.1, 0.15) is 5.75 Å². The molecule has 0 unspecified atom stereocenters. The first-order valence-corrected chi connectivity index (χ1v) is 6.02. The largest absolute Gasteiger partial charge is 0.506 e. The Morgan fingerprint density at radius 1 is 1.38 bits per heavy atom. The summed E-state index contributed by atoms with van der Waals surface area (Å²) in [5, 5.41) is 9.73. The van der Waals surface area contributed by atoms with E-state index in [-0.39, 0.29) is 5.75 Å². The monoisotopic (exact) mass is 241 g/mol. The molecule has 0 spiro atoms. The smallest absolute Gasteiger partial charge is 0.134 e. The van der Waals surface area contributed by atoms with Crippen LogP contribution in [0.3, 0.4) is 0 Å². The highest BCUT2D eigenvalue weighted by Gasteiger charge is 2.04. The molecule has 0 heterocycles. The molecule has 0 fully saturated rings. The van der Waals surface area contributed by atoms with Crippen LogP contribution in [0, 0.1) is 5.92 Å². The lowest BCUT2D eigenvalue weighted by atomic mass is 10.1. The van der Waals surface area contributed by atoms with E-state index < -0.39 is 0 Å². The maximum atomic E-state index is 9.31. The quantitative estimate of drug-likeness (QED) is 0.853. The van der Waals surface area contributed by atoms with Crippen LogP contribution in [-0.4, -0.2) is 23.6 Å². The number of rotatable bonds is 5. The molecule has 1 aromatic rings. The van der Waals surface area contributed by atoms with Gasteiger partial charge >= 0.3 is 0 Å². The van der Waals surface area contributed by atoms with Crippen LogP contribution in [0.1, 0.15) is 25.8 Å². The van der Waals surface area contributed by atoms with Crippen molar-refractivity contribution in [3.63, 3.8) is 0 Å². The van der Waals surface area contributed by atoms with E-state index in [2.05, 4.69) is 25.8 Å². The van der Waals surface area contributed by atoms with Crippen molar-refractivity contribution in [2.24, 2.45) is 5.92 Å². The predicted octanol–water partition coefficient (Wildman–Crippen LogP) is 3.52. The minimum absolute atomic E-state index is 0.148. The van der Waals surface area contributed by atoms with Crippen LogP contribution in [0.4, 0.5) is 0 Å². The van der Waals surface area contributed by atoms with E-state index in [4.69, 9.17) is 11.6 Å². The molecule has 2 nitrogen and oxygen atoms in total. The van der Waals surface area contributed by atoms with Crippen LogP contribution in [0.2, 0.25) is 5.02 Å². The molecule has 1 N–H and O–H groups in total. The van der Waals surface area contributed by atoms with E-state index in [1.54, 1.807) is 6.07 Å². The second-order valence-corrected chi connectivity index (χ2v) is 5.11. The molecule has 16 heavy (non-hydrogen) atoms. The Kier molecular flexibility index (Phi) is 5.10. The van der Waals surface area contributed by atoms with Crippen LogP contribution in [0.25, 0.3) is 0 Å². The van der Waals surface area contributed by atoms with E-state index in [0.717, 1.165) is 24.6 Å². The molecule has 0 atom stereocenters. The van der Waals surface area contributed by atoms with Crippen molar-refractivity contribution in [2.45, 2.75) is 26.8 Å². The van der Waals surface area contributed by atoms with Crippen molar-refractivity contribution in [1.82, 2.24) is 4.90 Å². The number of hydrogen-bond donors (Lipinski definition) is 1.